The second-order valence-corrected chi connectivity index (χ2v) is 6.15. The zero-order valence-electron chi connectivity index (χ0n) is 12.0. The van der Waals surface area contributed by atoms with Gasteiger partial charge in [-0.3, -0.25) is 0 Å². The van der Waals surface area contributed by atoms with E-state index in [4.69, 9.17) is 11.6 Å². The summed E-state index contributed by atoms with van der Waals surface area (Å²) < 4.78 is 2.88. The van der Waals surface area contributed by atoms with Gasteiger partial charge in [-0.15, -0.1) is 0 Å². The average molecular weight is 357 g/mol. The van der Waals surface area contributed by atoms with E-state index in [-0.39, 0.29) is 0 Å². The van der Waals surface area contributed by atoms with Crippen LogP contribution >= 0.6 is 27.5 Å². The smallest absolute Gasteiger partial charge is 0.0819 e. The molecular weight excluding hydrogens is 338 g/mol. The lowest BCUT2D eigenvalue weighted by molar-refractivity contribution is 0.569. The van der Waals surface area contributed by atoms with Crippen LogP contribution in [0.3, 0.4) is 0 Å². The second-order valence-electron chi connectivity index (χ2n) is 4.89. The molecule has 1 aromatic carbocycles. The van der Waals surface area contributed by atoms with Crippen LogP contribution in [0.15, 0.2) is 28.9 Å². The fraction of sp³-hybridized carbons (Fsp3) is 0.400. The molecule has 108 valence electrons. The summed E-state index contributed by atoms with van der Waals surface area (Å²) in [4.78, 5) is 0. The molecule has 0 spiro atoms. The van der Waals surface area contributed by atoms with E-state index in [9.17, 15) is 0 Å². The van der Waals surface area contributed by atoms with Crippen molar-refractivity contribution in [1.29, 1.82) is 0 Å². The van der Waals surface area contributed by atoms with Crippen molar-refractivity contribution < 1.29 is 0 Å². The van der Waals surface area contributed by atoms with E-state index >= 15 is 0 Å². The van der Waals surface area contributed by atoms with Crippen molar-refractivity contribution in [2.24, 2.45) is 0 Å². The maximum atomic E-state index is 6.05. The van der Waals surface area contributed by atoms with Crippen LogP contribution in [0.2, 0.25) is 5.02 Å². The molecule has 0 radical (unpaired) electrons. The van der Waals surface area contributed by atoms with Gasteiger partial charge in [0, 0.05) is 16.7 Å². The number of aromatic nitrogens is 2. The summed E-state index contributed by atoms with van der Waals surface area (Å²) in [5.41, 5.74) is 3.08. The predicted molar refractivity (Wildman–Crippen MR) is 87.7 cm³/mol. The summed E-state index contributed by atoms with van der Waals surface area (Å²) in [5, 5.41) is 8.57. The summed E-state index contributed by atoms with van der Waals surface area (Å²) in [6.07, 6.45) is 2.96. The molecule has 1 aromatic heterocycles. The minimum Gasteiger partial charge on any atom is -0.310 e. The molecular formula is C15H19BrClN3. The topological polar surface area (TPSA) is 29.9 Å². The standard InChI is InChI=1S/C15H19BrClN3/c1-4-7-18-10(2)13-6-5-12(8-14(13)16)20-9-15(17)11(3)19-20/h5-6,8-10,18H,4,7H2,1-3H3. The Morgan fingerprint density at radius 3 is 2.75 bits per heavy atom. The fourth-order valence-corrected chi connectivity index (χ4v) is 2.89. The quantitative estimate of drug-likeness (QED) is 0.844. The molecule has 2 aromatic rings. The van der Waals surface area contributed by atoms with Crippen molar-refractivity contribution in [3.63, 3.8) is 0 Å². The third kappa shape index (κ3) is 3.43. The molecule has 0 aliphatic carbocycles. The number of benzene rings is 1. The number of nitrogens with zero attached hydrogens (tertiary/aromatic N) is 2. The normalized spacial score (nSPS) is 12.7. The molecule has 1 atom stereocenters. The van der Waals surface area contributed by atoms with Crippen LogP contribution < -0.4 is 5.32 Å². The largest absolute Gasteiger partial charge is 0.310 e. The van der Waals surface area contributed by atoms with E-state index in [2.05, 4.69) is 58.4 Å². The van der Waals surface area contributed by atoms with E-state index in [0.717, 1.165) is 28.8 Å². The van der Waals surface area contributed by atoms with Crippen LogP contribution in [0.4, 0.5) is 0 Å². The molecule has 0 aliphatic heterocycles. The molecule has 0 aliphatic rings. The van der Waals surface area contributed by atoms with Crippen molar-refractivity contribution in [1.82, 2.24) is 15.1 Å². The molecule has 1 unspecified atom stereocenters. The monoisotopic (exact) mass is 355 g/mol. The summed E-state index contributed by atoms with van der Waals surface area (Å²) >= 11 is 9.70. The molecule has 3 nitrogen and oxygen atoms in total. The second kappa shape index (κ2) is 6.74. The number of halogens is 2. The van der Waals surface area contributed by atoms with Gasteiger partial charge in [0.2, 0.25) is 0 Å². The van der Waals surface area contributed by atoms with E-state index < -0.39 is 0 Å². The zero-order valence-corrected chi connectivity index (χ0v) is 14.3. The minimum atomic E-state index is 0.321. The maximum absolute atomic E-state index is 6.05. The zero-order chi connectivity index (χ0) is 14.7. The Balaban J connectivity index is 2.25. The highest BCUT2D eigenvalue weighted by Crippen LogP contribution is 2.26. The minimum absolute atomic E-state index is 0.321. The van der Waals surface area contributed by atoms with Crippen LogP contribution in [-0.2, 0) is 0 Å². The SMILES string of the molecule is CCCNC(C)c1ccc(-n2cc(Cl)c(C)n2)cc1Br. The van der Waals surface area contributed by atoms with Crippen LogP contribution in [0.1, 0.15) is 37.6 Å². The van der Waals surface area contributed by atoms with Crippen LogP contribution in [-0.4, -0.2) is 16.3 Å². The van der Waals surface area contributed by atoms with Gasteiger partial charge in [-0.25, -0.2) is 4.68 Å². The highest BCUT2D eigenvalue weighted by Gasteiger charge is 2.11. The molecule has 0 amide bonds. The fourth-order valence-electron chi connectivity index (χ4n) is 2.05. The van der Waals surface area contributed by atoms with Gasteiger partial charge in [0.1, 0.15) is 0 Å². The molecule has 5 heteroatoms. The van der Waals surface area contributed by atoms with Crippen molar-refractivity contribution in [3.05, 3.63) is 45.1 Å². The van der Waals surface area contributed by atoms with Gasteiger partial charge in [0.25, 0.3) is 0 Å². The van der Waals surface area contributed by atoms with Gasteiger partial charge in [-0.05, 0) is 44.5 Å². The van der Waals surface area contributed by atoms with E-state index in [0.29, 0.717) is 11.1 Å². The van der Waals surface area contributed by atoms with E-state index in [1.54, 1.807) is 4.68 Å². The Kier molecular flexibility index (Phi) is 5.24. The molecule has 0 saturated heterocycles. The molecule has 20 heavy (non-hydrogen) atoms. The maximum Gasteiger partial charge on any atom is 0.0819 e. The van der Waals surface area contributed by atoms with Crippen molar-refractivity contribution in [2.75, 3.05) is 6.54 Å². The lowest BCUT2D eigenvalue weighted by Crippen LogP contribution is -2.19. The highest BCUT2D eigenvalue weighted by atomic mass is 79.9. The Hall–Kier alpha value is -0.840. The first-order valence-electron chi connectivity index (χ1n) is 6.78. The van der Waals surface area contributed by atoms with Gasteiger partial charge >= 0.3 is 0 Å². The Morgan fingerprint density at radius 2 is 2.20 bits per heavy atom. The van der Waals surface area contributed by atoms with E-state index in [1.807, 2.05) is 13.1 Å². The molecule has 0 bridgehead atoms. The van der Waals surface area contributed by atoms with Gasteiger partial charge in [0.05, 0.1) is 16.4 Å². The Morgan fingerprint density at radius 1 is 1.45 bits per heavy atom. The van der Waals surface area contributed by atoms with Crippen molar-refractivity contribution in [2.45, 2.75) is 33.2 Å². The van der Waals surface area contributed by atoms with E-state index in [1.165, 1.54) is 5.56 Å². The number of hydrogen-bond donors (Lipinski definition) is 1. The highest BCUT2D eigenvalue weighted by molar-refractivity contribution is 9.10. The molecule has 0 fully saturated rings. The van der Waals surface area contributed by atoms with Gasteiger partial charge in [-0.2, -0.15) is 5.10 Å². The first-order chi connectivity index (χ1) is 9.52. The predicted octanol–water partition coefficient (Wildman–Crippen LogP) is 4.66. The van der Waals surface area contributed by atoms with Crippen LogP contribution in [0.25, 0.3) is 5.69 Å². The number of aryl methyl sites for hydroxylation is 1. The first-order valence-corrected chi connectivity index (χ1v) is 7.95. The van der Waals surface area contributed by atoms with Crippen LogP contribution in [0, 0.1) is 6.92 Å². The Bertz CT molecular complexity index is 575. The molecule has 1 N–H and O–H groups in total. The third-order valence-electron chi connectivity index (χ3n) is 3.25. The molecule has 1 heterocycles. The molecule has 0 saturated carbocycles. The summed E-state index contributed by atoms with van der Waals surface area (Å²) in [7, 11) is 0. The Labute approximate surface area is 133 Å². The summed E-state index contributed by atoms with van der Waals surface area (Å²) in [6, 6.07) is 6.58. The van der Waals surface area contributed by atoms with Gasteiger partial charge < -0.3 is 5.32 Å². The number of rotatable bonds is 5. The van der Waals surface area contributed by atoms with Gasteiger partial charge in [0.15, 0.2) is 0 Å². The lowest BCUT2D eigenvalue weighted by Gasteiger charge is -2.16. The molecule has 2 rings (SSSR count). The van der Waals surface area contributed by atoms with Crippen molar-refractivity contribution in [3.8, 4) is 5.69 Å². The van der Waals surface area contributed by atoms with Crippen LogP contribution in [0.5, 0.6) is 0 Å². The summed E-state index contributed by atoms with van der Waals surface area (Å²) in [6.45, 7) is 7.26. The lowest BCUT2D eigenvalue weighted by atomic mass is 10.1. The number of hydrogen-bond acceptors (Lipinski definition) is 2. The first kappa shape index (κ1) is 15.5. The third-order valence-corrected chi connectivity index (χ3v) is 4.31. The average Bonchev–Trinajstić information content (AvgIpc) is 2.76. The van der Waals surface area contributed by atoms with Gasteiger partial charge in [-0.1, -0.05) is 40.5 Å². The van der Waals surface area contributed by atoms with Crippen molar-refractivity contribution >= 4 is 27.5 Å². The number of nitrogens with one attached hydrogen (secondary N) is 1. The summed E-state index contributed by atoms with van der Waals surface area (Å²) in [5.74, 6) is 0.